The van der Waals surface area contributed by atoms with Gasteiger partial charge in [0.2, 0.25) is 0 Å². The summed E-state index contributed by atoms with van der Waals surface area (Å²) < 4.78 is 10.7. The van der Waals surface area contributed by atoms with E-state index in [4.69, 9.17) is 21.7 Å². The number of carbonyl (C=O) groups excluding carboxylic acids is 1. The van der Waals surface area contributed by atoms with E-state index in [0.29, 0.717) is 34.1 Å². The summed E-state index contributed by atoms with van der Waals surface area (Å²) in [6.07, 6.45) is 1.17. The molecule has 5 nitrogen and oxygen atoms in total. The third kappa shape index (κ3) is 4.30. The van der Waals surface area contributed by atoms with E-state index in [9.17, 15) is 10.2 Å². The van der Waals surface area contributed by atoms with E-state index in [2.05, 4.69) is 25.0 Å². The maximum atomic E-state index is 13.0. The summed E-state index contributed by atoms with van der Waals surface area (Å²) in [7, 11) is 3.12. The molecule has 0 spiro atoms. The van der Waals surface area contributed by atoms with Gasteiger partial charge in [-0.25, -0.2) is 0 Å². The van der Waals surface area contributed by atoms with E-state index in [-0.39, 0.29) is 62.6 Å². The molecule has 7 heteroatoms. The van der Waals surface area contributed by atoms with Gasteiger partial charge in [0.15, 0.2) is 17.3 Å². The number of rotatable bonds is 3. The largest absolute Gasteiger partial charge is 0.763 e. The fraction of sp³-hybridized carbons (Fsp3) is 0.400. The van der Waals surface area contributed by atoms with Crippen LogP contribution in [0.2, 0.25) is 0 Å². The molecule has 1 heterocycles. The van der Waals surface area contributed by atoms with Crippen molar-refractivity contribution in [2.24, 2.45) is 5.41 Å². The topological polar surface area (TPSA) is 69.9 Å². The number of nitrogens with zero attached hydrogens (tertiary/aromatic N) is 1. The summed E-state index contributed by atoms with van der Waals surface area (Å²) in [5.41, 5.74) is 2.52. The maximum Gasteiger partial charge on any atom is 0.162 e. The number of benzene rings is 1. The molecule has 0 amide bonds. The minimum absolute atomic E-state index is 0. The minimum Gasteiger partial charge on any atom is -0.763 e. The van der Waals surface area contributed by atoms with Crippen LogP contribution >= 0.6 is 12.2 Å². The number of thiocarbonyl (C=S) groups is 1. The van der Waals surface area contributed by atoms with E-state index < -0.39 is 5.92 Å². The molecule has 1 N–H and O–H groups in total. The van der Waals surface area contributed by atoms with Crippen LogP contribution in [-0.4, -0.2) is 82.2 Å². The van der Waals surface area contributed by atoms with Gasteiger partial charge in [0.05, 0.1) is 14.2 Å². The number of hydrogen-bond donors (Lipinski definition) is 1. The predicted octanol–water partition coefficient (Wildman–Crippen LogP) is 3.15. The molecule has 1 unspecified atom stereocenters. The Kier molecular flexibility index (Phi) is 7.25. The summed E-state index contributed by atoms with van der Waals surface area (Å²) >= 11 is 5.42. The molecule has 1 aliphatic heterocycles. The number of ketones is 1. The van der Waals surface area contributed by atoms with Gasteiger partial charge in [-0.15, -0.1) is 0 Å². The zero-order chi connectivity index (χ0) is 19.1. The Hall–Kier alpha value is -0.794. The van der Waals surface area contributed by atoms with Gasteiger partial charge >= 0.3 is 0 Å². The second-order valence-corrected chi connectivity index (χ2v) is 7.77. The Balaban J connectivity index is 0.00000261. The molecular weight excluding hydrogens is 387 g/mol. The second kappa shape index (κ2) is 8.70. The summed E-state index contributed by atoms with van der Waals surface area (Å²) in [6.45, 7) is 4.13. The molecule has 0 fully saturated rings. The quantitative estimate of drug-likeness (QED) is 0.360. The fourth-order valence-electron chi connectivity index (χ4n) is 3.74. The van der Waals surface area contributed by atoms with Gasteiger partial charge in [0.1, 0.15) is 4.99 Å². The van der Waals surface area contributed by atoms with Crippen LogP contribution in [0.1, 0.15) is 38.2 Å². The van der Waals surface area contributed by atoms with Gasteiger partial charge in [-0.2, -0.15) is 0 Å². The number of carbonyl (C=O) groups is 1. The average Bonchev–Trinajstić information content (AvgIpc) is 2.58. The van der Waals surface area contributed by atoms with Crippen LogP contribution in [0, 0.1) is 5.41 Å². The van der Waals surface area contributed by atoms with E-state index in [1.807, 2.05) is 12.1 Å². The predicted molar refractivity (Wildman–Crippen MR) is 111 cm³/mol. The van der Waals surface area contributed by atoms with Crippen LogP contribution in [0.25, 0.3) is 5.41 Å². The molecular formula is C20H21KN2O3S-. The molecule has 2 aliphatic rings. The first-order valence-corrected chi connectivity index (χ1v) is 8.78. The molecule has 1 aromatic carbocycles. The number of hydrogen-bond acceptors (Lipinski definition) is 4. The molecule has 1 atom stereocenters. The average molecular weight is 409 g/mol. The Labute approximate surface area is 207 Å². The van der Waals surface area contributed by atoms with E-state index in [0.717, 1.165) is 17.7 Å². The van der Waals surface area contributed by atoms with Crippen LogP contribution in [0.4, 0.5) is 0 Å². The van der Waals surface area contributed by atoms with Gasteiger partial charge in [-0.1, -0.05) is 32.1 Å². The van der Waals surface area contributed by atoms with Gasteiger partial charge in [0.25, 0.3) is 0 Å². The molecule has 0 saturated carbocycles. The van der Waals surface area contributed by atoms with Crippen LogP contribution in [0.15, 0.2) is 35.0 Å². The number of ether oxygens (including phenoxy) is 2. The maximum absolute atomic E-state index is 13.0. The first-order valence-electron chi connectivity index (χ1n) is 8.37. The Morgan fingerprint density at radius 2 is 1.89 bits per heavy atom. The molecule has 27 heavy (non-hydrogen) atoms. The van der Waals surface area contributed by atoms with Crippen molar-refractivity contribution in [3.63, 3.8) is 0 Å². The zero-order valence-electron chi connectivity index (χ0n) is 16.3. The molecule has 1 aliphatic carbocycles. The Morgan fingerprint density at radius 3 is 2.48 bits per heavy atom. The molecule has 0 saturated heterocycles. The molecule has 0 bridgehead atoms. The number of allylic oxidation sites excluding steroid dienone is 2. The van der Waals surface area contributed by atoms with Crippen molar-refractivity contribution in [2.45, 2.75) is 32.6 Å². The standard InChI is InChI=1S/C20H21N2O3S.K/c1-20(2)8-13-18(14(23)9-20)17(12(10-21)19(26)22-13)11-5-6-15(24-3)16(7-11)25-4;/h5-7,17H,8-9H2,1-4H3,(H,22,26);/q-1;. The van der Waals surface area contributed by atoms with Gasteiger partial charge in [-0.3, -0.25) is 10.7 Å². The minimum atomic E-state index is -0.479. The Morgan fingerprint density at radius 1 is 1.22 bits per heavy atom. The number of methoxy groups -OCH3 is 2. The first kappa shape index (κ1) is 22.5. The van der Waals surface area contributed by atoms with Crippen molar-refractivity contribution in [3.05, 3.63) is 46.0 Å². The number of Topliss-reactive ketones (excluding diaryl/α,β-unsaturated/α-hetero) is 1. The van der Waals surface area contributed by atoms with Crippen molar-refractivity contribution in [3.8, 4) is 11.5 Å². The van der Waals surface area contributed by atoms with E-state index >= 15 is 0 Å². The molecule has 137 valence electrons. The monoisotopic (exact) mass is 408 g/mol. The normalized spacial score (nSPS) is 20.9. The van der Waals surface area contributed by atoms with Crippen molar-refractivity contribution < 1.29 is 14.3 Å². The third-order valence-electron chi connectivity index (χ3n) is 4.87. The van der Waals surface area contributed by atoms with Crippen molar-refractivity contribution >= 4 is 80.2 Å². The number of nitrogens with one attached hydrogen (secondary N) is 1. The Bertz CT molecular complexity index is 885. The first-order chi connectivity index (χ1) is 12.3. The van der Waals surface area contributed by atoms with E-state index in [1.54, 1.807) is 20.3 Å². The van der Waals surface area contributed by atoms with Gasteiger partial charge in [0, 0.05) is 80.6 Å². The smallest absolute Gasteiger partial charge is 0.162 e. The fourth-order valence-corrected chi connectivity index (χ4v) is 4.03. The van der Waals surface area contributed by atoms with Crippen LogP contribution in [-0.2, 0) is 4.79 Å². The second-order valence-electron chi connectivity index (χ2n) is 7.36. The van der Waals surface area contributed by atoms with Crippen LogP contribution < -0.4 is 14.8 Å². The van der Waals surface area contributed by atoms with Gasteiger partial charge in [-0.05, 0) is 29.5 Å². The van der Waals surface area contributed by atoms with Crippen LogP contribution in [0.5, 0.6) is 11.5 Å². The van der Waals surface area contributed by atoms with Crippen molar-refractivity contribution in [2.75, 3.05) is 14.2 Å². The molecule has 1 radical (unpaired) electrons. The molecule has 1 aromatic rings. The summed E-state index contributed by atoms with van der Waals surface area (Å²) in [5.74, 6) is 2.92. The summed E-state index contributed by atoms with van der Waals surface area (Å²) in [6, 6.07) is 5.45. The summed E-state index contributed by atoms with van der Waals surface area (Å²) in [4.78, 5) is 13.3. The van der Waals surface area contributed by atoms with Gasteiger partial charge < -0.3 is 20.2 Å². The molecule has 3 rings (SSSR count). The zero-order valence-corrected chi connectivity index (χ0v) is 20.2. The molecule has 0 aromatic heterocycles. The van der Waals surface area contributed by atoms with E-state index in [1.165, 1.54) is 0 Å². The van der Waals surface area contributed by atoms with Crippen LogP contribution in [0.3, 0.4) is 0 Å². The van der Waals surface area contributed by atoms with Crippen molar-refractivity contribution in [1.82, 2.24) is 5.32 Å². The van der Waals surface area contributed by atoms with Crippen molar-refractivity contribution in [1.29, 1.82) is 0 Å². The SMILES string of the molecule is COc1ccc(C2C(=C=[N-])C(=S)NC3=C2C(=O)CC(C)(C)C3)cc1OC.[K]. The summed E-state index contributed by atoms with van der Waals surface area (Å²) in [5, 5.41) is 12.8. The third-order valence-corrected chi connectivity index (χ3v) is 5.19.